The average molecular weight is 328 g/mol. The Hall–Kier alpha value is -0.990. The van der Waals surface area contributed by atoms with Crippen LogP contribution < -0.4 is 10.5 Å². The summed E-state index contributed by atoms with van der Waals surface area (Å²) in [7, 11) is 1.33. The number of rotatable bonds is 3. The highest BCUT2D eigenvalue weighted by Gasteiger charge is 2.21. The molecule has 0 aliphatic heterocycles. The number of alkyl halides is 2. The lowest BCUT2D eigenvalue weighted by atomic mass is 10.2. The molecule has 0 aromatic carbocycles. The SMILES string of the molecule is COc1cc(C(F)F)c(C(N)=O)nc1I. The van der Waals surface area contributed by atoms with Gasteiger partial charge in [0.2, 0.25) is 0 Å². The van der Waals surface area contributed by atoms with Gasteiger partial charge >= 0.3 is 0 Å². The number of hydrogen-bond donors (Lipinski definition) is 1. The third-order valence-corrected chi connectivity index (χ3v) is 2.43. The Morgan fingerprint density at radius 2 is 2.27 bits per heavy atom. The molecule has 1 heterocycles. The van der Waals surface area contributed by atoms with Crippen molar-refractivity contribution < 1.29 is 18.3 Å². The zero-order valence-corrected chi connectivity index (χ0v) is 9.79. The second-order valence-corrected chi connectivity index (χ2v) is 3.61. The minimum Gasteiger partial charge on any atom is -0.494 e. The van der Waals surface area contributed by atoms with Crippen LogP contribution in [0.2, 0.25) is 0 Å². The van der Waals surface area contributed by atoms with Gasteiger partial charge in [-0.2, -0.15) is 0 Å². The molecule has 0 radical (unpaired) electrons. The van der Waals surface area contributed by atoms with Crippen LogP contribution >= 0.6 is 22.6 Å². The summed E-state index contributed by atoms with van der Waals surface area (Å²) in [4.78, 5) is 14.5. The number of ether oxygens (including phenoxy) is 1. The summed E-state index contributed by atoms with van der Waals surface area (Å²) < 4.78 is 30.2. The van der Waals surface area contributed by atoms with Crippen LogP contribution in [0.3, 0.4) is 0 Å². The number of nitrogens with zero attached hydrogens (tertiary/aromatic N) is 1. The first kappa shape index (κ1) is 12.1. The van der Waals surface area contributed by atoms with Crippen molar-refractivity contribution in [1.29, 1.82) is 0 Å². The summed E-state index contributed by atoms with van der Waals surface area (Å²) in [5.41, 5.74) is 4.00. The maximum Gasteiger partial charge on any atom is 0.267 e. The molecule has 1 amide bonds. The van der Waals surface area contributed by atoms with Crippen LogP contribution in [0.25, 0.3) is 0 Å². The monoisotopic (exact) mass is 328 g/mol. The summed E-state index contributed by atoms with van der Waals surface area (Å²) in [5, 5.41) is 0. The highest BCUT2D eigenvalue weighted by Crippen LogP contribution is 2.28. The molecule has 0 aliphatic rings. The number of aromatic nitrogens is 1. The van der Waals surface area contributed by atoms with E-state index in [1.165, 1.54) is 7.11 Å². The van der Waals surface area contributed by atoms with Crippen LogP contribution in [0.4, 0.5) is 8.78 Å². The minimum absolute atomic E-state index is 0.191. The smallest absolute Gasteiger partial charge is 0.267 e. The Bertz CT molecular complexity index is 398. The standard InChI is InChI=1S/C8H7F2IN2O2/c1-15-4-2-3(6(9)10)5(8(12)14)13-7(4)11/h2,6H,1H3,(H2,12,14). The molecule has 0 bridgehead atoms. The molecule has 82 valence electrons. The van der Waals surface area contributed by atoms with E-state index in [-0.39, 0.29) is 5.75 Å². The number of pyridine rings is 1. The number of nitrogens with two attached hydrogens (primary N) is 1. The van der Waals surface area contributed by atoms with Crippen LogP contribution in [0.5, 0.6) is 5.75 Å². The highest BCUT2D eigenvalue weighted by atomic mass is 127. The normalized spacial score (nSPS) is 10.5. The molecule has 0 aliphatic carbocycles. The van der Waals surface area contributed by atoms with Crippen molar-refractivity contribution in [3.05, 3.63) is 21.0 Å². The number of hydrogen-bond acceptors (Lipinski definition) is 3. The van der Waals surface area contributed by atoms with E-state index in [9.17, 15) is 13.6 Å². The van der Waals surface area contributed by atoms with Crippen molar-refractivity contribution in [2.24, 2.45) is 5.73 Å². The molecular weight excluding hydrogens is 321 g/mol. The van der Waals surface area contributed by atoms with Crippen LogP contribution in [-0.4, -0.2) is 18.0 Å². The fraction of sp³-hybridized carbons (Fsp3) is 0.250. The van der Waals surface area contributed by atoms with Gasteiger partial charge in [0.25, 0.3) is 12.3 Å². The first-order valence-corrected chi connectivity index (χ1v) is 4.87. The molecule has 0 unspecified atom stereocenters. The van der Waals surface area contributed by atoms with E-state index in [1.54, 1.807) is 22.6 Å². The predicted octanol–water partition coefficient (Wildman–Crippen LogP) is 1.73. The number of amides is 1. The van der Waals surface area contributed by atoms with Crippen LogP contribution in [0, 0.1) is 3.70 Å². The zero-order chi connectivity index (χ0) is 11.6. The van der Waals surface area contributed by atoms with Gasteiger partial charge in [0.15, 0.2) is 5.75 Å². The van der Waals surface area contributed by atoms with Gasteiger partial charge in [0, 0.05) is 0 Å². The molecule has 4 nitrogen and oxygen atoms in total. The van der Waals surface area contributed by atoms with E-state index in [2.05, 4.69) is 4.98 Å². The van der Waals surface area contributed by atoms with Gasteiger partial charge in [-0.1, -0.05) is 0 Å². The van der Waals surface area contributed by atoms with Crippen LogP contribution in [-0.2, 0) is 0 Å². The Morgan fingerprint density at radius 3 is 2.67 bits per heavy atom. The van der Waals surface area contributed by atoms with E-state index < -0.39 is 23.6 Å². The van der Waals surface area contributed by atoms with Gasteiger partial charge in [-0.15, -0.1) is 0 Å². The number of primary amides is 1. The Morgan fingerprint density at radius 1 is 1.67 bits per heavy atom. The van der Waals surface area contributed by atoms with E-state index in [0.717, 1.165) is 6.07 Å². The van der Waals surface area contributed by atoms with E-state index in [1.807, 2.05) is 0 Å². The molecule has 0 saturated carbocycles. The van der Waals surface area contributed by atoms with Gasteiger partial charge in [-0.3, -0.25) is 4.79 Å². The molecule has 0 atom stereocenters. The molecule has 0 saturated heterocycles. The van der Waals surface area contributed by atoms with Crippen molar-refractivity contribution in [3.63, 3.8) is 0 Å². The van der Waals surface area contributed by atoms with Crippen LogP contribution in [0.1, 0.15) is 22.5 Å². The lowest BCUT2D eigenvalue weighted by Crippen LogP contribution is -2.17. The lowest BCUT2D eigenvalue weighted by molar-refractivity contribution is 0.0979. The molecule has 7 heteroatoms. The molecule has 15 heavy (non-hydrogen) atoms. The van der Waals surface area contributed by atoms with Gasteiger partial charge in [-0.05, 0) is 28.7 Å². The molecule has 0 fully saturated rings. The molecular formula is C8H7F2IN2O2. The number of methoxy groups -OCH3 is 1. The Kier molecular flexibility index (Phi) is 3.77. The van der Waals surface area contributed by atoms with E-state index in [4.69, 9.17) is 10.5 Å². The number of carbonyl (C=O) groups excluding carboxylic acids is 1. The second kappa shape index (κ2) is 4.69. The second-order valence-electron chi connectivity index (χ2n) is 2.58. The van der Waals surface area contributed by atoms with Gasteiger partial charge in [-0.25, -0.2) is 13.8 Å². The predicted molar refractivity (Wildman–Crippen MR) is 57.0 cm³/mol. The fourth-order valence-corrected chi connectivity index (χ4v) is 1.61. The van der Waals surface area contributed by atoms with Gasteiger partial charge in [0.1, 0.15) is 9.39 Å². The first-order chi connectivity index (χ1) is 6.97. The maximum absolute atomic E-state index is 12.5. The third-order valence-electron chi connectivity index (χ3n) is 1.66. The Balaban J connectivity index is 3.38. The highest BCUT2D eigenvalue weighted by molar-refractivity contribution is 14.1. The van der Waals surface area contributed by atoms with Crippen molar-refractivity contribution in [2.75, 3.05) is 7.11 Å². The number of halogens is 3. The van der Waals surface area contributed by atoms with E-state index >= 15 is 0 Å². The topological polar surface area (TPSA) is 65.2 Å². The van der Waals surface area contributed by atoms with Crippen molar-refractivity contribution in [2.45, 2.75) is 6.43 Å². The summed E-state index contributed by atoms with van der Waals surface area (Å²) in [6.45, 7) is 0. The third kappa shape index (κ3) is 2.52. The molecule has 1 aromatic heterocycles. The Labute approximate surface area is 98.0 Å². The number of carbonyl (C=O) groups is 1. The molecule has 1 rings (SSSR count). The molecule has 2 N–H and O–H groups in total. The minimum atomic E-state index is -2.81. The van der Waals surface area contributed by atoms with Crippen LogP contribution in [0.15, 0.2) is 6.07 Å². The largest absolute Gasteiger partial charge is 0.494 e. The quantitative estimate of drug-likeness (QED) is 0.679. The summed E-state index contributed by atoms with van der Waals surface area (Å²) >= 11 is 1.77. The fourth-order valence-electron chi connectivity index (χ4n) is 0.994. The van der Waals surface area contributed by atoms with Crippen molar-refractivity contribution >= 4 is 28.5 Å². The van der Waals surface area contributed by atoms with Gasteiger partial charge in [0.05, 0.1) is 12.7 Å². The summed E-state index contributed by atoms with van der Waals surface area (Å²) in [5.74, 6) is -0.790. The van der Waals surface area contributed by atoms with Crippen molar-refractivity contribution in [1.82, 2.24) is 4.98 Å². The first-order valence-electron chi connectivity index (χ1n) is 3.79. The average Bonchev–Trinajstić information content (AvgIpc) is 2.16. The lowest BCUT2D eigenvalue weighted by Gasteiger charge is -2.09. The zero-order valence-electron chi connectivity index (χ0n) is 7.63. The van der Waals surface area contributed by atoms with E-state index in [0.29, 0.717) is 3.70 Å². The molecule has 1 aromatic rings. The maximum atomic E-state index is 12.5. The summed E-state index contributed by atoms with van der Waals surface area (Å²) in [6, 6.07) is 1.07. The van der Waals surface area contributed by atoms with Gasteiger partial charge < -0.3 is 10.5 Å². The van der Waals surface area contributed by atoms with Crippen molar-refractivity contribution in [3.8, 4) is 5.75 Å². The molecule has 0 spiro atoms. The summed E-state index contributed by atoms with van der Waals surface area (Å²) in [6.07, 6.45) is -2.81.